The van der Waals surface area contributed by atoms with Gasteiger partial charge in [0.1, 0.15) is 0 Å². The second-order valence-electron chi connectivity index (χ2n) is 8.07. The summed E-state index contributed by atoms with van der Waals surface area (Å²) in [5.41, 5.74) is 0. The van der Waals surface area contributed by atoms with Crippen LogP contribution in [0, 0.1) is 0 Å². The zero-order chi connectivity index (χ0) is 24.2. The van der Waals surface area contributed by atoms with Crippen molar-refractivity contribution in [2.45, 2.75) is 76.2 Å². The summed E-state index contributed by atoms with van der Waals surface area (Å²) in [6.07, 6.45) is -1.79. The van der Waals surface area contributed by atoms with E-state index in [4.69, 9.17) is 28.4 Å². The highest BCUT2D eigenvalue weighted by atomic mass is 16.6. The van der Waals surface area contributed by atoms with Crippen LogP contribution in [0.5, 0.6) is 0 Å². The summed E-state index contributed by atoms with van der Waals surface area (Å²) in [5, 5.41) is 38.8. The molecule has 0 aliphatic heterocycles. The maximum Gasteiger partial charge on any atom is 0.0834 e. The highest BCUT2D eigenvalue weighted by molar-refractivity contribution is 4.68. The Balaban J connectivity index is 4.11. The standard InChI is InChI=1S/C22H46O10/c1-17(23)11-19(25)13-21(15-28-4)31-9-7-29-8-10-32-22(16-30-6-5-27-3)14-20(26)12-18(2)24/h17-26H,5-16H2,1-4H3. The number of methoxy groups -OCH3 is 2. The second kappa shape index (κ2) is 21.2. The Kier molecular flexibility index (Phi) is 20.9. The lowest BCUT2D eigenvalue weighted by atomic mass is 10.1. The van der Waals surface area contributed by atoms with Crippen LogP contribution in [0.15, 0.2) is 0 Å². The maximum absolute atomic E-state index is 10.1. The summed E-state index contributed by atoms with van der Waals surface area (Å²) in [6, 6.07) is 0. The van der Waals surface area contributed by atoms with Crippen molar-refractivity contribution in [3.05, 3.63) is 0 Å². The predicted octanol–water partition coefficient (Wildman–Crippen LogP) is 0.127. The van der Waals surface area contributed by atoms with E-state index in [2.05, 4.69) is 0 Å². The van der Waals surface area contributed by atoms with E-state index in [-0.39, 0.29) is 18.6 Å². The number of aliphatic hydroxyl groups is 4. The average Bonchev–Trinajstić information content (AvgIpc) is 2.68. The summed E-state index contributed by atoms with van der Waals surface area (Å²) in [7, 11) is 3.17. The largest absolute Gasteiger partial charge is 0.393 e. The number of hydrogen-bond acceptors (Lipinski definition) is 10. The van der Waals surface area contributed by atoms with E-state index in [1.54, 1.807) is 28.1 Å². The first-order valence-corrected chi connectivity index (χ1v) is 11.4. The van der Waals surface area contributed by atoms with Gasteiger partial charge in [0.25, 0.3) is 0 Å². The lowest BCUT2D eigenvalue weighted by Gasteiger charge is -2.22. The quantitative estimate of drug-likeness (QED) is 0.153. The molecule has 32 heavy (non-hydrogen) atoms. The van der Waals surface area contributed by atoms with Crippen molar-refractivity contribution in [2.75, 3.05) is 67.1 Å². The van der Waals surface area contributed by atoms with Gasteiger partial charge in [0, 0.05) is 27.1 Å². The minimum absolute atomic E-state index is 0.278. The van der Waals surface area contributed by atoms with E-state index in [0.29, 0.717) is 72.1 Å². The Morgan fingerprint density at radius 1 is 0.531 bits per heavy atom. The van der Waals surface area contributed by atoms with E-state index >= 15 is 0 Å². The first-order valence-electron chi connectivity index (χ1n) is 11.4. The molecule has 0 aliphatic rings. The molecule has 0 saturated carbocycles. The molecule has 0 aromatic heterocycles. The molecule has 0 aromatic rings. The third-order valence-electron chi connectivity index (χ3n) is 4.55. The molecule has 194 valence electrons. The molecule has 0 aliphatic carbocycles. The van der Waals surface area contributed by atoms with Crippen LogP contribution in [0.3, 0.4) is 0 Å². The molecule has 0 amide bonds. The second-order valence-corrected chi connectivity index (χ2v) is 8.07. The summed E-state index contributed by atoms with van der Waals surface area (Å²) in [5.74, 6) is 0. The van der Waals surface area contributed by atoms with Crippen LogP contribution in [0.1, 0.15) is 39.5 Å². The minimum Gasteiger partial charge on any atom is -0.393 e. The van der Waals surface area contributed by atoms with E-state index in [1.807, 2.05) is 0 Å². The fourth-order valence-corrected chi connectivity index (χ4v) is 3.15. The first-order chi connectivity index (χ1) is 15.3. The van der Waals surface area contributed by atoms with E-state index in [9.17, 15) is 20.4 Å². The Hall–Kier alpha value is -0.400. The molecule has 6 atom stereocenters. The first kappa shape index (κ1) is 31.6. The third kappa shape index (κ3) is 20.2. The average molecular weight is 471 g/mol. The predicted molar refractivity (Wildman–Crippen MR) is 119 cm³/mol. The zero-order valence-electron chi connectivity index (χ0n) is 20.2. The van der Waals surface area contributed by atoms with E-state index < -0.39 is 24.4 Å². The molecule has 10 heteroatoms. The molecule has 6 unspecified atom stereocenters. The zero-order valence-corrected chi connectivity index (χ0v) is 20.2. The van der Waals surface area contributed by atoms with Gasteiger partial charge in [0.15, 0.2) is 0 Å². The summed E-state index contributed by atoms with van der Waals surface area (Å²) < 4.78 is 32.6. The van der Waals surface area contributed by atoms with Crippen molar-refractivity contribution in [2.24, 2.45) is 0 Å². The van der Waals surface area contributed by atoms with Gasteiger partial charge in [0.05, 0.1) is 89.5 Å². The van der Waals surface area contributed by atoms with Gasteiger partial charge in [0.2, 0.25) is 0 Å². The van der Waals surface area contributed by atoms with Crippen LogP contribution < -0.4 is 0 Å². The molecular formula is C22H46O10. The Morgan fingerprint density at radius 3 is 1.44 bits per heavy atom. The lowest BCUT2D eigenvalue weighted by molar-refractivity contribution is -0.0764. The van der Waals surface area contributed by atoms with Gasteiger partial charge in [-0.05, 0) is 26.7 Å². The van der Waals surface area contributed by atoms with Crippen LogP contribution in [0.25, 0.3) is 0 Å². The monoisotopic (exact) mass is 470 g/mol. The van der Waals surface area contributed by atoms with Crippen molar-refractivity contribution in [1.82, 2.24) is 0 Å². The lowest BCUT2D eigenvalue weighted by Crippen LogP contribution is -2.29. The molecule has 0 radical (unpaired) electrons. The number of aliphatic hydroxyl groups excluding tert-OH is 4. The van der Waals surface area contributed by atoms with Gasteiger partial charge in [-0.1, -0.05) is 0 Å². The highest BCUT2D eigenvalue weighted by Crippen LogP contribution is 2.10. The normalized spacial score (nSPS) is 17.6. The third-order valence-corrected chi connectivity index (χ3v) is 4.55. The van der Waals surface area contributed by atoms with Gasteiger partial charge in [-0.3, -0.25) is 0 Å². The van der Waals surface area contributed by atoms with Gasteiger partial charge in [-0.15, -0.1) is 0 Å². The van der Waals surface area contributed by atoms with Crippen molar-refractivity contribution in [3.8, 4) is 0 Å². The molecule has 4 N–H and O–H groups in total. The molecule has 0 fully saturated rings. The van der Waals surface area contributed by atoms with Crippen molar-refractivity contribution in [3.63, 3.8) is 0 Å². The van der Waals surface area contributed by atoms with Crippen LogP contribution in [0.4, 0.5) is 0 Å². The molecular weight excluding hydrogens is 424 g/mol. The van der Waals surface area contributed by atoms with Crippen LogP contribution in [-0.4, -0.2) is 124 Å². The van der Waals surface area contributed by atoms with Crippen molar-refractivity contribution < 1.29 is 48.8 Å². The van der Waals surface area contributed by atoms with Crippen molar-refractivity contribution in [1.29, 1.82) is 0 Å². The topological polar surface area (TPSA) is 136 Å². The van der Waals surface area contributed by atoms with Crippen LogP contribution in [0.2, 0.25) is 0 Å². The molecule has 0 spiro atoms. The van der Waals surface area contributed by atoms with Gasteiger partial charge in [-0.25, -0.2) is 0 Å². The van der Waals surface area contributed by atoms with E-state index in [0.717, 1.165) is 0 Å². The number of ether oxygens (including phenoxy) is 6. The fourth-order valence-electron chi connectivity index (χ4n) is 3.15. The van der Waals surface area contributed by atoms with E-state index in [1.165, 1.54) is 0 Å². The summed E-state index contributed by atoms with van der Waals surface area (Å²) >= 11 is 0. The summed E-state index contributed by atoms with van der Waals surface area (Å²) in [4.78, 5) is 0. The SMILES string of the molecule is COCCOCC(CC(O)CC(C)O)OCCOCCOC(COC)CC(O)CC(C)O. The fraction of sp³-hybridized carbons (Fsp3) is 1.00. The van der Waals surface area contributed by atoms with Gasteiger partial charge in [-0.2, -0.15) is 0 Å². The molecule has 0 aromatic carbocycles. The van der Waals surface area contributed by atoms with Gasteiger partial charge >= 0.3 is 0 Å². The smallest absolute Gasteiger partial charge is 0.0834 e. The van der Waals surface area contributed by atoms with Crippen LogP contribution in [-0.2, 0) is 28.4 Å². The highest BCUT2D eigenvalue weighted by Gasteiger charge is 2.18. The van der Waals surface area contributed by atoms with Gasteiger partial charge < -0.3 is 48.8 Å². The number of hydrogen-bond donors (Lipinski definition) is 4. The Bertz CT molecular complexity index is 397. The maximum atomic E-state index is 10.1. The Morgan fingerprint density at radius 2 is 1.00 bits per heavy atom. The minimum atomic E-state index is -0.678. The van der Waals surface area contributed by atoms with Crippen molar-refractivity contribution >= 4 is 0 Å². The van der Waals surface area contributed by atoms with Crippen LogP contribution >= 0.6 is 0 Å². The molecule has 0 bridgehead atoms. The summed E-state index contributed by atoms with van der Waals surface area (Å²) in [6.45, 7) is 6.22. The molecule has 0 saturated heterocycles. The molecule has 0 rings (SSSR count). The molecule has 0 heterocycles. The Labute approximate surface area is 192 Å². The number of rotatable bonds is 23. The molecule has 10 nitrogen and oxygen atoms in total.